The van der Waals surface area contributed by atoms with Crippen molar-refractivity contribution in [3.8, 4) is 0 Å². The summed E-state index contributed by atoms with van der Waals surface area (Å²) in [5, 5.41) is 0. The second-order valence-corrected chi connectivity index (χ2v) is 4.38. The van der Waals surface area contributed by atoms with Crippen LogP contribution in [0, 0.1) is 0 Å². The summed E-state index contributed by atoms with van der Waals surface area (Å²) in [5.74, 6) is -0.401. The van der Waals surface area contributed by atoms with E-state index in [0.717, 1.165) is 18.4 Å². The van der Waals surface area contributed by atoms with E-state index in [0.29, 0.717) is 12.8 Å². The van der Waals surface area contributed by atoms with Crippen LogP contribution in [0.25, 0.3) is 6.08 Å². The van der Waals surface area contributed by atoms with E-state index in [1.54, 1.807) is 6.08 Å². The summed E-state index contributed by atoms with van der Waals surface area (Å²) in [6.45, 7) is 0. The Hall–Kier alpha value is -1.90. The summed E-state index contributed by atoms with van der Waals surface area (Å²) in [5.41, 5.74) is 0.935. The highest BCUT2D eigenvalue weighted by Crippen LogP contribution is 2.17. The van der Waals surface area contributed by atoms with Gasteiger partial charge in [-0.1, -0.05) is 30.3 Å². The average Bonchev–Trinajstić information content (AvgIpc) is 2.40. The molecule has 0 spiro atoms. The number of esters is 1. The van der Waals surface area contributed by atoms with E-state index in [2.05, 4.69) is 0 Å². The van der Waals surface area contributed by atoms with Crippen LogP contribution < -0.4 is 0 Å². The van der Waals surface area contributed by atoms with Crippen molar-refractivity contribution in [3.63, 3.8) is 0 Å². The van der Waals surface area contributed by atoms with E-state index in [-0.39, 0.29) is 5.78 Å². The summed E-state index contributed by atoms with van der Waals surface area (Å²) in [4.78, 5) is 23.1. The molecule has 0 heterocycles. The number of rotatable bonds is 3. The Morgan fingerprint density at radius 1 is 1.22 bits per heavy atom. The van der Waals surface area contributed by atoms with Gasteiger partial charge < -0.3 is 4.74 Å². The molecule has 1 aromatic rings. The third-order valence-corrected chi connectivity index (χ3v) is 2.97. The fraction of sp³-hybridized carbons (Fsp3) is 0.333. The Balaban J connectivity index is 1.88. The molecule has 0 N–H and O–H groups in total. The minimum atomic E-state index is -0.535. The lowest BCUT2D eigenvalue weighted by molar-refractivity contribution is -0.152. The van der Waals surface area contributed by atoms with Gasteiger partial charge in [-0.3, -0.25) is 4.79 Å². The molecule has 1 unspecified atom stereocenters. The minimum absolute atomic E-state index is 0.0442. The normalized spacial score (nSPS) is 20.0. The van der Waals surface area contributed by atoms with Crippen LogP contribution in [0.15, 0.2) is 36.4 Å². The van der Waals surface area contributed by atoms with E-state index in [1.165, 1.54) is 6.08 Å². The van der Waals surface area contributed by atoms with Gasteiger partial charge in [0.15, 0.2) is 11.9 Å². The van der Waals surface area contributed by atoms with Crippen molar-refractivity contribution in [2.75, 3.05) is 0 Å². The molecule has 18 heavy (non-hydrogen) atoms. The number of ketones is 1. The van der Waals surface area contributed by atoms with Crippen molar-refractivity contribution in [3.05, 3.63) is 42.0 Å². The molecule has 0 radical (unpaired) electrons. The topological polar surface area (TPSA) is 43.4 Å². The Bertz CT molecular complexity index is 448. The quantitative estimate of drug-likeness (QED) is 0.606. The van der Waals surface area contributed by atoms with Crippen molar-refractivity contribution in [2.45, 2.75) is 31.8 Å². The molecule has 1 aliphatic rings. The number of carbonyl (C=O) groups excluding carboxylic acids is 2. The smallest absolute Gasteiger partial charge is 0.331 e. The molecule has 1 aromatic carbocycles. The number of ether oxygens (including phenoxy) is 1. The van der Waals surface area contributed by atoms with Crippen LogP contribution in [0.1, 0.15) is 31.2 Å². The molecule has 1 atom stereocenters. The molecule has 0 aliphatic heterocycles. The molecular weight excluding hydrogens is 228 g/mol. The van der Waals surface area contributed by atoms with Gasteiger partial charge in [0.1, 0.15) is 0 Å². The fourth-order valence-corrected chi connectivity index (χ4v) is 1.98. The van der Waals surface area contributed by atoms with Gasteiger partial charge in [-0.25, -0.2) is 4.79 Å². The van der Waals surface area contributed by atoms with Crippen molar-refractivity contribution in [1.29, 1.82) is 0 Å². The first-order valence-electron chi connectivity index (χ1n) is 6.22. The number of hydrogen-bond donors (Lipinski definition) is 0. The lowest BCUT2D eigenvalue weighted by atomic mass is 9.96. The second-order valence-electron chi connectivity index (χ2n) is 4.38. The second kappa shape index (κ2) is 6.15. The zero-order chi connectivity index (χ0) is 12.8. The van der Waals surface area contributed by atoms with Gasteiger partial charge in [-0.2, -0.15) is 0 Å². The SMILES string of the molecule is O=C(C=Cc1ccccc1)OC1CCCCC1=O. The predicted molar refractivity (Wildman–Crippen MR) is 68.8 cm³/mol. The van der Waals surface area contributed by atoms with Crippen molar-refractivity contribution in [1.82, 2.24) is 0 Å². The number of hydrogen-bond acceptors (Lipinski definition) is 3. The van der Waals surface area contributed by atoms with E-state index in [4.69, 9.17) is 4.74 Å². The van der Waals surface area contributed by atoms with Gasteiger partial charge in [0.25, 0.3) is 0 Å². The lowest BCUT2D eigenvalue weighted by Gasteiger charge is -2.19. The molecule has 1 fully saturated rings. The van der Waals surface area contributed by atoms with Crippen molar-refractivity contribution < 1.29 is 14.3 Å². The maximum atomic E-state index is 11.6. The van der Waals surface area contributed by atoms with Crippen LogP contribution in [-0.4, -0.2) is 17.9 Å². The Morgan fingerprint density at radius 2 is 2.00 bits per heavy atom. The molecule has 0 saturated heterocycles. The molecule has 94 valence electrons. The van der Waals surface area contributed by atoms with Gasteiger partial charge in [0, 0.05) is 12.5 Å². The predicted octanol–water partition coefficient (Wildman–Crippen LogP) is 2.75. The summed E-state index contributed by atoms with van der Waals surface area (Å²) in [6.07, 6.45) is 5.57. The van der Waals surface area contributed by atoms with E-state index in [1.807, 2.05) is 30.3 Å². The first kappa shape index (κ1) is 12.6. The van der Waals surface area contributed by atoms with Crippen LogP contribution >= 0.6 is 0 Å². The van der Waals surface area contributed by atoms with Crippen LogP contribution in [0.3, 0.4) is 0 Å². The zero-order valence-electron chi connectivity index (χ0n) is 10.2. The summed E-state index contributed by atoms with van der Waals surface area (Å²) in [6, 6.07) is 9.51. The third-order valence-electron chi connectivity index (χ3n) is 2.97. The monoisotopic (exact) mass is 244 g/mol. The molecule has 1 aliphatic carbocycles. The molecule has 1 saturated carbocycles. The first-order chi connectivity index (χ1) is 8.75. The van der Waals surface area contributed by atoms with Gasteiger partial charge in [0.2, 0.25) is 0 Å². The third kappa shape index (κ3) is 3.55. The molecule has 2 rings (SSSR count). The number of benzene rings is 1. The van der Waals surface area contributed by atoms with Gasteiger partial charge in [0.05, 0.1) is 0 Å². The maximum absolute atomic E-state index is 11.6. The van der Waals surface area contributed by atoms with E-state index >= 15 is 0 Å². The Kier molecular flexibility index (Phi) is 4.29. The molecule has 0 aromatic heterocycles. The summed E-state index contributed by atoms with van der Waals surface area (Å²) < 4.78 is 5.15. The van der Waals surface area contributed by atoms with Gasteiger partial charge in [-0.05, 0) is 30.9 Å². The first-order valence-corrected chi connectivity index (χ1v) is 6.22. The average molecular weight is 244 g/mol. The largest absolute Gasteiger partial charge is 0.451 e. The van der Waals surface area contributed by atoms with Crippen LogP contribution in [0.2, 0.25) is 0 Å². The van der Waals surface area contributed by atoms with Crippen LogP contribution in [-0.2, 0) is 14.3 Å². The highest BCUT2D eigenvalue weighted by atomic mass is 16.5. The minimum Gasteiger partial charge on any atom is -0.451 e. The fourth-order valence-electron chi connectivity index (χ4n) is 1.98. The lowest BCUT2D eigenvalue weighted by Crippen LogP contribution is -2.29. The van der Waals surface area contributed by atoms with E-state index < -0.39 is 12.1 Å². The van der Waals surface area contributed by atoms with Crippen molar-refractivity contribution in [2.24, 2.45) is 0 Å². The van der Waals surface area contributed by atoms with Crippen LogP contribution in [0.5, 0.6) is 0 Å². The van der Waals surface area contributed by atoms with E-state index in [9.17, 15) is 9.59 Å². The zero-order valence-corrected chi connectivity index (χ0v) is 10.2. The highest BCUT2D eigenvalue weighted by Gasteiger charge is 2.24. The maximum Gasteiger partial charge on any atom is 0.331 e. The van der Waals surface area contributed by atoms with Gasteiger partial charge in [-0.15, -0.1) is 0 Å². The molecule has 3 nitrogen and oxygen atoms in total. The molecule has 3 heteroatoms. The van der Waals surface area contributed by atoms with Crippen molar-refractivity contribution >= 4 is 17.8 Å². The van der Waals surface area contributed by atoms with Gasteiger partial charge >= 0.3 is 5.97 Å². The highest BCUT2D eigenvalue weighted by molar-refractivity contribution is 5.91. The van der Waals surface area contributed by atoms with Crippen LogP contribution in [0.4, 0.5) is 0 Å². The molecule has 0 bridgehead atoms. The Morgan fingerprint density at radius 3 is 2.72 bits per heavy atom. The summed E-state index contributed by atoms with van der Waals surface area (Å²) in [7, 11) is 0. The number of carbonyl (C=O) groups is 2. The number of Topliss-reactive ketones (excluding diaryl/α,β-unsaturated/α-hetero) is 1. The summed E-state index contributed by atoms with van der Waals surface area (Å²) >= 11 is 0. The molecule has 0 amide bonds. The standard InChI is InChI=1S/C15H16O3/c16-13-8-4-5-9-14(13)18-15(17)11-10-12-6-2-1-3-7-12/h1-3,6-7,10-11,14H,4-5,8-9H2. The Labute approximate surface area is 106 Å². The molecular formula is C15H16O3.